The van der Waals surface area contributed by atoms with E-state index in [0.717, 1.165) is 5.56 Å². The van der Waals surface area contributed by atoms with E-state index in [1.807, 2.05) is 30.3 Å². The highest BCUT2D eigenvalue weighted by atomic mass is 79.9. The van der Waals surface area contributed by atoms with Gasteiger partial charge in [-0.15, -0.1) is 0 Å². The average molecular weight is 373 g/mol. The molecule has 0 saturated carbocycles. The SMILES string of the molecule is CN(Cc1ccccc1)S(=O)(=O)c1c[nH]cc(Br)c1=S. The number of nitrogens with zero attached hydrogens (tertiary/aromatic N) is 1. The Kier molecular flexibility index (Phi) is 4.74. The molecule has 2 aromatic rings. The summed E-state index contributed by atoms with van der Waals surface area (Å²) in [6.45, 7) is 0.296. The number of nitrogens with one attached hydrogen (secondary N) is 1. The van der Waals surface area contributed by atoms with E-state index in [4.69, 9.17) is 12.2 Å². The number of aromatic amines is 1. The van der Waals surface area contributed by atoms with Crippen LogP contribution in [0.25, 0.3) is 0 Å². The summed E-state index contributed by atoms with van der Waals surface area (Å²) in [5, 5.41) is 0. The van der Waals surface area contributed by atoms with Crippen LogP contribution in [0.4, 0.5) is 0 Å². The molecule has 0 radical (unpaired) electrons. The highest BCUT2D eigenvalue weighted by Crippen LogP contribution is 2.21. The minimum absolute atomic E-state index is 0.0975. The molecule has 1 aromatic heterocycles. The Morgan fingerprint density at radius 2 is 1.90 bits per heavy atom. The van der Waals surface area contributed by atoms with Gasteiger partial charge < -0.3 is 4.98 Å². The van der Waals surface area contributed by atoms with Gasteiger partial charge in [-0.1, -0.05) is 42.5 Å². The van der Waals surface area contributed by atoms with Crippen LogP contribution in [0.2, 0.25) is 0 Å². The Bertz CT molecular complexity index is 757. The number of halogens is 1. The first-order valence-electron chi connectivity index (χ1n) is 5.80. The molecule has 0 bridgehead atoms. The average Bonchev–Trinajstić information content (AvgIpc) is 2.42. The Morgan fingerprint density at radius 1 is 1.25 bits per heavy atom. The van der Waals surface area contributed by atoms with Gasteiger partial charge in [0.1, 0.15) is 4.90 Å². The number of hydrogen-bond donors (Lipinski definition) is 1. The van der Waals surface area contributed by atoms with Crippen LogP contribution >= 0.6 is 28.1 Å². The standard InChI is InChI=1S/C13H13BrN2O2S2/c1-16(9-10-5-3-2-4-6-10)20(17,18)12-8-15-7-11(14)13(12)19/h2-8H,9H2,1H3,(H,15,19). The van der Waals surface area contributed by atoms with Gasteiger partial charge in [0.15, 0.2) is 0 Å². The summed E-state index contributed by atoms with van der Waals surface area (Å²) < 4.78 is 27.2. The summed E-state index contributed by atoms with van der Waals surface area (Å²) in [6.07, 6.45) is 3.02. The topological polar surface area (TPSA) is 53.2 Å². The fourth-order valence-corrected chi connectivity index (χ4v) is 3.85. The van der Waals surface area contributed by atoms with Crippen molar-refractivity contribution in [1.29, 1.82) is 0 Å². The zero-order valence-electron chi connectivity index (χ0n) is 10.7. The molecule has 4 nitrogen and oxygen atoms in total. The van der Waals surface area contributed by atoms with Gasteiger partial charge in [0.05, 0.1) is 8.98 Å². The van der Waals surface area contributed by atoms with Crippen molar-refractivity contribution in [1.82, 2.24) is 9.29 Å². The second-order valence-electron chi connectivity index (χ2n) is 4.24. The first kappa shape index (κ1) is 15.4. The van der Waals surface area contributed by atoms with E-state index in [9.17, 15) is 8.42 Å². The summed E-state index contributed by atoms with van der Waals surface area (Å²) in [7, 11) is -2.08. The molecule has 0 aliphatic heterocycles. The highest BCUT2D eigenvalue weighted by molar-refractivity contribution is 9.10. The second-order valence-corrected chi connectivity index (χ2v) is 7.52. The van der Waals surface area contributed by atoms with Gasteiger partial charge in [-0.2, -0.15) is 4.31 Å². The molecule has 0 amide bonds. The third kappa shape index (κ3) is 3.17. The van der Waals surface area contributed by atoms with Crippen molar-refractivity contribution in [2.45, 2.75) is 11.4 Å². The number of pyridine rings is 1. The zero-order chi connectivity index (χ0) is 14.8. The summed E-state index contributed by atoms with van der Waals surface area (Å²) in [5.74, 6) is 0. The van der Waals surface area contributed by atoms with E-state index in [1.165, 1.54) is 17.5 Å². The van der Waals surface area contributed by atoms with E-state index in [0.29, 0.717) is 11.0 Å². The number of benzene rings is 1. The number of rotatable bonds is 4. The first-order valence-corrected chi connectivity index (χ1v) is 8.44. The molecule has 0 unspecified atom stereocenters. The van der Waals surface area contributed by atoms with Crippen molar-refractivity contribution >= 4 is 38.2 Å². The molecular formula is C13H13BrN2O2S2. The van der Waals surface area contributed by atoms with Gasteiger partial charge in [0.2, 0.25) is 10.0 Å². The summed E-state index contributed by atoms with van der Waals surface area (Å²) >= 11 is 8.39. The normalized spacial score (nSPS) is 11.8. The smallest absolute Gasteiger partial charge is 0.246 e. The molecule has 0 spiro atoms. The molecule has 7 heteroatoms. The molecule has 1 N–H and O–H groups in total. The minimum atomic E-state index is -3.62. The third-order valence-corrected chi connectivity index (χ3v) is 6.09. The fraction of sp³-hybridized carbons (Fsp3) is 0.154. The van der Waals surface area contributed by atoms with Gasteiger partial charge in [0.25, 0.3) is 0 Å². The van der Waals surface area contributed by atoms with Crippen LogP contribution in [0.15, 0.2) is 52.1 Å². The van der Waals surface area contributed by atoms with Crippen LogP contribution in [-0.4, -0.2) is 24.8 Å². The summed E-state index contributed by atoms with van der Waals surface area (Å²) in [6, 6.07) is 9.41. The second kappa shape index (κ2) is 6.17. The van der Waals surface area contributed by atoms with Crippen LogP contribution in [-0.2, 0) is 16.6 Å². The van der Waals surface area contributed by atoms with E-state index in [2.05, 4.69) is 20.9 Å². The Hall–Kier alpha value is -1.02. The van der Waals surface area contributed by atoms with Crippen LogP contribution in [0, 0.1) is 4.51 Å². The summed E-state index contributed by atoms with van der Waals surface area (Å²) in [4.78, 5) is 2.87. The van der Waals surface area contributed by atoms with Crippen LogP contribution in [0.3, 0.4) is 0 Å². The Morgan fingerprint density at radius 3 is 2.55 bits per heavy atom. The maximum atomic E-state index is 12.5. The molecule has 1 aromatic carbocycles. The lowest BCUT2D eigenvalue weighted by Crippen LogP contribution is -2.26. The van der Waals surface area contributed by atoms with E-state index >= 15 is 0 Å². The Balaban J connectivity index is 2.35. The molecule has 2 rings (SSSR count). The molecule has 106 valence electrons. The quantitative estimate of drug-likeness (QED) is 0.837. The van der Waals surface area contributed by atoms with Gasteiger partial charge in [0, 0.05) is 26.0 Å². The van der Waals surface area contributed by atoms with E-state index < -0.39 is 10.0 Å². The van der Waals surface area contributed by atoms with Gasteiger partial charge in [-0.25, -0.2) is 8.42 Å². The lowest BCUT2D eigenvalue weighted by molar-refractivity contribution is 0.466. The van der Waals surface area contributed by atoms with Crippen LogP contribution in [0.1, 0.15) is 5.56 Å². The fourth-order valence-electron chi connectivity index (χ4n) is 1.72. The molecule has 0 fully saturated rings. The van der Waals surface area contributed by atoms with Crippen molar-refractivity contribution in [3.63, 3.8) is 0 Å². The Labute approximate surface area is 131 Å². The number of H-pyrrole nitrogens is 1. The van der Waals surface area contributed by atoms with Crippen molar-refractivity contribution in [2.75, 3.05) is 7.05 Å². The molecular weight excluding hydrogens is 360 g/mol. The van der Waals surface area contributed by atoms with Gasteiger partial charge in [-0.3, -0.25) is 0 Å². The maximum Gasteiger partial charge on any atom is 0.246 e. The third-order valence-electron chi connectivity index (χ3n) is 2.80. The largest absolute Gasteiger partial charge is 0.365 e. The zero-order valence-corrected chi connectivity index (χ0v) is 13.9. The molecule has 0 atom stereocenters. The summed E-state index contributed by atoms with van der Waals surface area (Å²) in [5.41, 5.74) is 0.920. The molecule has 20 heavy (non-hydrogen) atoms. The number of sulfonamides is 1. The predicted molar refractivity (Wildman–Crippen MR) is 84.4 cm³/mol. The predicted octanol–water partition coefficient (Wildman–Crippen LogP) is 3.33. The maximum absolute atomic E-state index is 12.5. The van der Waals surface area contributed by atoms with Gasteiger partial charge >= 0.3 is 0 Å². The highest BCUT2D eigenvalue weighted by Gasteiger charge is 2.23. The lowest BCUT2D eigenvalue weighted by Gasteiger charge is -2.17. The van der Waals surface area contributed by atoms with Crippen LogP contribution in [0.5, 0.6) is 0 Å². The first-order chi connectivity index (χ1) is 9.43. The molecule has 0 aliphatic carbocycles. The monoisotopic (exact) mass is 372 g/mol. The minimum Gasteiger partial charge on any atom is -0.365 e. The molecule has 0 aliphatic rings. The van der Waals surface area contributed by atoms with Crippen molar-refractivity contribution in [3.8, 4) is 0 Å². The van der Waals surface area contributed by atoms with E-state index in [-0.39, 0.29) is 9.41 Å². The molecule has 0 saturated heterocycles. The van der Waals surface area contributed by atoms with E-state index in [1.54, 1.807) is 6.20 Å². The van der Waals surface area contributed by atoms with Crippen molar-refractivity contribution < 1.29 is 8.42 Å². The lowest BCUT2D eigenvalue weighted by atomic mass is 10.2. The number of aromatic nitrogens is 1. The van der Waals surface area contributed by atoms with Gasteiger partial charge in [-0.05, 0) is 21.5 Å². The van der Waals surface area contributed by atoms with Crippen molar-refractivity contribution in [3.05, 3.63) is 57.3 Å². The van der Waals surface area contributed by atoms with Crippen molar-refractivity contribution in [2.24, 2.45) is 0 Å². The van der Waals surface area contributed by atoms with Crippen LogP contribution < -0.4 is 0 Å². The molecule has 1 heterocycles. The number of hydrogen-bond acceptors (Lipinski definition) is 3.